The van der Waals surface area contributed by atoms with Gasteiger partial charge in [0.05, 0.1) is 23.5 Å². The third-order valence-corrected chi connectivity index (χ3v) is 3.84. The number of pyridine rings is 1. The van der Waals surface area contributed by atoms with E-state index in [1.54, 1.807) is 13.1 Å². The highest BCUT2D eigenvalue weighted by atomic mass is 19.1. The van der Waals surface area contributed by atoms with Crippen LogP contribution in [0, 0.1) is 5.82 Å². The molecule has 124 valence electrons. The highest BCUT2D eigenvalue weighted by molar-refractivity contribution is 5.95. The lowest BCUT2D eigenvalue weighted by atomic mass is 10.1. The van der Waals surface area contributed by atoms with E-state index in [4.69, 9.17) is 5.21 Å². The zero-order valence-electron chi connectivity index (χ0n) is 12.9. The number of benzene rings is 1. The van der Waals surface area contributed by atoms with Crippen LogP contribution in [0.25, 0.3) is 0 Å². The van der Waals surface area contributed by atoms with Crippen molar-refractivity contribution in [2.24, 2.45) is 0 Å². The summed E-state index contributed by atoms with van der Waals surface area (Å²) < 4.78 is 14.2. The minimum absolute atomic E-state index is 0.0305. The Bertz CT molecular complexity index is 812. The standard InChI is InChI=1S/C16H15FN4O3/c1-20-8-10-4-2-3-5-14(10)21(16(20)23)9-13-12(17)6-11(7-18-13)15(22)19-24/h2-7,24H,8-9H2,1H3,(H,19,22). The molecule has 3 rings (SSSR count). The Kier molecular flexibility index (Phi) is 4.13. The van der Waals surface area contributed by atoms with Gasteiger partial charge in [0.25, 0.3) is 5.91 Å². The minimum Gasteiger partial charge on any atom is -0.323 e. The van der Waals surface area contributed by atoms with Gasteiger partial charge in [-0.05, 0) is 17.7 Å². The third-order valence-electron chi connectivity index (χ3n) is 3.84. The number of para-hydroxylation sites is 1. The topological polar surface area (TPSA) is 85.8 Å². The number of nitrogens with zero attached hydrogens (tertiary/aromatic N) is 3. The number of hydrogen-bond donors (Lipinski definition) is 2. The molecule has 0 spiro atoms. The number of anilines is 1. The van der Waals surface area contributed by atoms with Crippen LogP contribution in [0.4, 0.5) is 14.9 Å². The Hall–Kier alpha value is -3.00. The average molecular weight is 330 g/mol. The van der Waals surface area contributed by atoms with E-state index in [2.05, 4.69) is 4.98 Å². The number of amides is 3. The summed E-state index contributed by atoms with van der Waals surface area (Å²) in [4.78, 5) is 30.6. The molecule has 24 heavy (non-hydrogen) atoms. The highest BCUT2D eigenvalue weighted by Gasteiger charge is 2.28. The number of hydroxylamine groups is 1. The molecular weight excluding hydrogens is 315 g/mol. The zero-order chi connectivity index (χ0) is 17.3. The van der Waals surface area contributed by atoms with Crippen LogP contribution in [0.15, 0.2) is 36.5 Å². The fourth-order valence-corrected chi connectivity index (χ4v) is 2.61. The van der Waals surface area contributed by atoms with Crippen LogP contribution in [-0.2, 0) is 13.1 Å². The van der Waals surface area contributed by atoms with Crippen LogP contribution in [0.2, 0.25) is 0 Å². The van der Waals surface area contributed by atoms with E-state index in [0.717, 1.165) is 17.8 Å². The number of aromatic nitrogens is 1. The maximum Gasteiger partial charge on any atom is 0.324 e. The predicted molar refractivity (Wildman–Crippen MR) is 82.9 cm³/mol. The van der Waals surface area contributed by atoms with E-state index in [1.165, 1.54) is 15.3 Å². The van der Waals surface area contributed by atoms with Gasteiger partial charge in [0.2, 0.25) is 0 Å². The van der Waals surface area contributed by atoms with Gasteiger partial charge in [-0.3, -0.25) is 19.9 Å². The number of carbonyl (C=O) groups is 2. The van der Waals surface area contributed by atoms with Crippen molar-refractivity contribution in [3.63, 3.8) is 0 Å². The maximum absolute atomic E-state index is 14.2. The number of fused-ring (bicyclic) bond motifs is 1. The predicted octanol–water partition coefficient (Wildman–Crippen LogP) is 1.91. The van der Waals surface area contributed by atoms with Gasteiger partial charge >= 0.3 is 6.03 Å². The molecular formula is C16H15FN4O3. The van der Waals surface area contributed by atoms with Crippen molar-refractivity contribution in [3.05, 3.63) is 59.2 Å². The summed E-state index contributed by atoms with van der Waals surface area (Å²) in [6.45, 7) is 0.421. The molecule has 8 heteroatoms. The summed E-state index contributed by atoms with van der Waals surface area (Å²) in [5.74, 6) is -1.58. The van der Waals surface area contributed by atoms with E-state index >= 15 is 0 Å². The molecule has 0 bridgehead atoms. The molecule has 0 saturated heterocycles. The fraction of sp³-hybridized carbons (Fsp3) is 0.188. The lowest BCUT2D eigenvalue weighted by Gasteiger charge is -2.35. The normalized spacial score (nSPS) is 13.7. The van der Waals surface area contributed by atoms with Gasteiger partial charge in [-0.15, -0.1) is 0 Å². The van der Waals surface area contributed by atoms with Crippen LogP contribution in [0.3, 0.4) is 0 Å². The molecule has 0 aliphatic carbocycles. The Labute approximate surface area is 137 Å². The molecule has 1 aliphatic heterocycles. The third kappa shape index (κ3) is 2.79. The number of urea groups is 1. The van der Waals surface area contributed by atoms with Crippen LogP contribution < -0.4 is 10.4 Å². The summed E-state index contributed by atoms with van der Waals surface area (Å²) >= 11 is 0. The van der Waals surface area contributed by atoms with Crippen molar-refractivity contribution >= 4 is 17.6 Å². The quantitative estimate of drug-likeness (QED) is 0.665. The van der Waals surface area contributed by atoms with Crippen molar-refractivity contribution in [1.29, 1.82) is 0 Å². The average Bonchev–Trinajstić information content (AvgIpc) is 2.59. The monoisotopic (exact) mass is 330 g/mol. The molecule has 1 aromatic carbocycles. The second-order valence-electron chi connectivity index (χ2n) is 5.45. The summed E-state index contributed by atoms with van der Waals surface area (Å²) in [6.07, 6.45) is 1.15. The molecule has 2 heterocycles. The molecule has 1 aliphatic rings. The van der Waals surface area contributed by atoms with E-state index in [1.807, 2.05) is 18.2 Å². The molecule has 0 radical (unpaired) electrons. The lowest BCUT2D eigenvalue weighted by Crippen LogP contribution is -2.45. The van der Waals surface area contributed by atoms with Gasteiger partial charge in [-0.2, -0.15) is 0 Å². The Morgan fingerprint density at radius 1 is 1.42 bits per heavy atom. The molecule has 0 unspecified atom stereocenters. The fourth-order valence-electron chi connectivity index (χ4n) is 2.61. The summed E-state index contributed by atoms with van der Waals surface area (Å²) in [5, 5.41) is 8.57. The zero-order valence-corrected chi connectivity index (χ0v) is 12.9. The number of nitrogens with one attached hydrogen (secondary N) is 1. The molecule has 1 aromatic heterocycles. The van der Waals surface area contributed by atoms with Gasteiger partial charge in [-0.25, -0.2) is 14.7 Å². The van der Waals surface area contributed by atoms with E-state index < -0.39 is 11.7 Å². The summed E-state index contributed by atoms with van der Waals surface area (Å²) in [7, 11) is 1.67. The summed E-state index contributed by atoms with van der Waals surface area (Å²) in [6, 6.07) is 8.10. The van der Waals surface area contributed by atoms with Gasteiger partial charge in [0, 0.05) is 19.8 Å². The van der Waals surface area contributed by atoms with Gasteiger partial charge < -0.3 is 4.90 Å². The first-order chi connectivity index (χ1) is 11.5. The van der Waals surface area contributed by atoms with Crippen molar-refractivity contribution in [2.45, 2.75) is 13.1 Å². The molecule has 0 fully saturated rings. The van der Waals surface area contributed by atoms with Crippen LogP contribution in [-0.4, -0.2) is 34.1 Å². The molecule has 0 saturated carbocycles. The van der Waals surface area contributed by atoms with Crippen molar-refractivity contribution in [2.75, 3.05) is 11.9 Å². The Balaban J connectivity index is 1.93. The van der Waals surface area contributed by atoms with Crippen molar-refractivity contribution in [3.8, 4) is 0 Å². The molecule has 0 atom stereocenters. The Morgan fingerprint density at radius 2 is 2.17 bits per heavy atom. The molecule has 7 nitrogen and oxygen atoms in total. The smallest absolute Gasteiger partial charge is 0.323 e. The van der Waals surface area contributed by atoms with Crippen molar-refractivity contribution in [1.82, 2.24) is 15.4 Å². The van der Waals surface area contributed by atoms with Gasteiger partial charge in [0.15, 0.2) is 0 Å². The van der Waals surface area contributed by atoms with Crippen LogP contribution >= 0.6 is 0 Å². The van der Waals surface area contributed by atoms with E-state index in [-0.39, 0.29) is 23.8 Å². The number of hydrogen-bond acceptors (Lipinski definition) is 4. The van der Waals surface area contributed by atoms with Gasteiger partial charge in [0.1, 0.15) is 5.82 Å². The molecule has 3 amide bonds. The first-order valence-corrected chi connectivity index (χ1v) is 7.20. The number of carbonyl (C=O) groups excluding carboxylic acids is 2. The summed E-state index contributed by atoms with van der Waals surface area (Å²) in [5.41, 5.74) is 3.00. The highest BCUT2D eigenvalue weighted by Crippen LogP contribution is 2.29. The second-order valence-corrected chi connectivity index (χ2v) is 5.45. The van der Waals surface area contributed by atoms with Gasteiger partial charge in [-0.1, -0.05) is 18.2 Å². The van der Waals surface area contributed by atoms with Crippen LogP contribution in [0.5, 0.6) is 0 Å². The number of halogens is 1. The number of rotatable bonds is 3. The van der Waals surface area contributed by atoms with E-state index in [9.17, 15) is 14.0 Å². The lowest BCUT2D eigenvalue weighted by molar-refractivity contribution is 0.0705. The maximum atomic E-state index is 14.2. The van der Waals surface area contributed by atoms with Crippen molar-refractivity contribution < 1.29 is 19.2 Å². The Morgan fingerprint density at radius 3 is 2.88 bits per heavy atom. The van der Waals surface area contributed by atoms with E-state index in [0.29, 0.717) is 12.2 Å². The SMILES string of the molecule is CN1Cc2ccccc2N(Cc2ncc(C(=O)NO)cc2F)C1=O. The minimum atomic E-state index is -0.855. The first kappa shape index (κ1) is 15.9. The largest absolute Gasteiger partial charge is 0.324 e. The second kappa shape index (κ2) is 6.25. The van der Waals surface area contributed by atoms with Crippen LogP contribution in [0.1, 0.15) is 21.6 Å². The molecule has 2 aromatic rings. The first-order valence-electron chi connectivity index (χ1n) is 7.20. The molecule has 2 N–H and O–H groups in total.